The summed E-state index contributed by atoms with van der Waals surface area (Å²) in [5, 5.41) is 7.24. The number of aromatic nitrogens is 3. The van der Waals surface area contributed by atoms with E-state index in [2.05, 4.69) is 26.6 Å². The molecule has 2 heterocycles. The Balaban J connectivity index is 2.08. The molecule has 1 atom stereocenters. The van der Waals surface area contributed by atoms with E-state index >= 15 is 0 Å². The predicted molar refractivity (Wildman–Crippen MR) is 58.7 cm³/mol. The lowest BCUT2D eigenvalue weighted by Gasteiger charge is -2.12. The van der Waals surface area contributed by atoms with Crippen molar-refractivity contribution in [1.29, 1.82) is 0 Å². The van der Waals surface area contributed by atoms with E-state index in [1.807, 2.05) is 11.6 Å². The molecule has 0 bridgehead atoms. The Kier molecular flexibility index (Phi) is 3.05. The number of nitrogens with zero attached hydrogens (tertiary/aromatic N) is 3. The van der Waals surface area contributed by atoms with Crippen molar-refractivity contribution in [2.24, 2.45) is 0 Å². The van der Waals surface area contributed by atoms with E-state index in [1.54, 1.807) is 17.7 Å². The lowest BCUT2D eigenvalue weighted by molar-refractivity contribution is 0.741. The van der Waals surface area contributed by atoms with E-state index in [-0.39, 0.29) is 6.04 Å². The standard InChI is InChI=1S/C8H10N4S2/c1-2-6(7-9-3-4-13-7)12-8-10-5-11-14-8/h3-6H,2H2,1H3,(H,10,11,12). The van der Waals surface area contributed by atoms with Crippen LogP contribution in [0, 0.1) is 0 Å². The first-order valence-corrected chi connectivity index (χ1v) is 5.98. The molecule has 2 rings (SSSR count). The van der Waals surface area contributed by atoms with Gasteiger partial charge in [-0.25, -0.2) is 9.97 Å². The van der Waals surface area contributed by atoms with Crippen molar-refractivity contribution in [2.45, 2.75) is 19.4 Å². The molecule has 6 heteroatoms. The van der Waals surface area contributed by atoms with Crippen LogP contribution in [-0.4, -0.2) is 14.3 Å². The van der Waals surface area contributed by atoms with Crippen LogP contribution >= 0.6 is 22.9 Å². The Morgan fingerprint density at radius 1 is 1.50 bits per heavy atom. The minimum atomic E-state index is 0.253. The second-order valence-electron chi connectivity index (χ2n) is 2.72. The van der Waals surface area contributed by atoms with Gasteiger partial charge in [-0.2, -0.15) is 4.37 Å². The van der Waals surface area contributed by atoms with Crippen molar-refractivity contribution in [1.82, 2.24) is 14.3 Å². The lowest BCUT2D eigenvalue weighted by atomic mass is 10.2. The van der Waals surface area contributed by atoms with Crippen molar-refractivity contribution in [3.05, 3.63) is 22.9 Å². The topological polar surface area (TPSA) is 50.7 Å². The van der Waals surface area contributed by atoms with Crippen LogP contribution < -0.4 is 5.32 Å². The van der Waals surface area contributed by atoms with Crippen LogP contribution in [0.4, 0.5) is 5.13 Å². The van der Waals surface area contributed by atoms with Crippen LogP contribution in [0.1, 0.15) is 24.4 Å². The molecular formula is C8H10N4S2. The van der Waals surface area contributed by atoms with E-state index in [0.29, 0.717) is 0 Å². The van der Waals surface area contributed by atoms with Gasteiger partial charge in [0.05, 0.1) is 6.04 Å². The quantitative estimate of drug-likeness (QED) is 0.870. The smallest absolute Gasteiger partial charge is 0.202 e. The molecule has 0 amide bonds. The highest BCUT2D eigenvalue weighted by Gasteiger charge is 2.12. The summed E-state index contributed by atoms with van der Waals surface area (Å²) in [6.45, 7) is 2.13. The van der Waals surface area contributed by atoms with Crippen LogP contribution in [0.2, 0.25) is 0 Å². The Morgan fingerprint density at radius 3 is 3.00 bits per heavy atom. The largest absolute Gasteiger partial charge is 0.351 e. The fourth-order valence-electron chi connectivity index (χ4n) is 1.13. The molecule has 2 aromatic heterocycles. The highest BCUT2D eigenvalue weighted by molar-refractivity contribution is 7.10. The average molecular weight is 226 g/mol. The van der Waals surface area contributed by atoms with Gasteiger partial charge in [-0.1, -0.05) is 6.92 Å². The van der Waals surface area contributed by atoms with Crippen molar-refractivity contribution >= 4 is 28.0 Å². The van der Waals surface area contributed by atoms with E-state index in [1.165, 1.54) is 11.5 Å². The Morgan fingerprint density at radius 2 is 2.43 bits per heavy atom. The van der Waals surface area contributed by atoms with Gasteiger partial charge in [0.1, 0.15) is 11.3 Å². The third-order valence-electron chi connectivity index (χ3n) is 1.82. The fourth-order valence-corrected chi connectivity index (χ4v) is 2.39. The molecule has 0 saturated heterocycles. The summed E-state index contributed by atoms with van der Waals surface area (Å²) in [4.78, 5) is 8.37. The van der Waals surface area contributed by atoms with Crippen LogP contribution in [0.5, 0.6) is 0 Å². The first-order chi connectivity index (χ1) is 6.90. The molecule has 1 unspecified atom stereocenters. The van der Waals surface area contributed by atoms with E-state index < -0.39 is 0 Å². The normalized spacial score (nSPS) is 12.6. The summed E-state index contributed by atoms with van der Waals surface area (Å²) in [6.07, 6.45) is 4.37. The van der Waals surface area contributed by atoms with Gasteiger partial charge in [0.15, 0.2) is 0 Å². The SMILES string of the molecule is CCC(Nc1ncns1)c1nccs1. The van der Waals surface area contributed by atoms with Crippen molar-refractivity contribution < 1.29 is 0 Å². The highest BCUT2D eigenvalue weighted by atomic mass is 32.1. The number of nitrogens with one attached hydrogen (secondary N) is 1. The van der Waals surface area contributed by atoms with Crippen LogP contribution in [0.15, 0.2) is 17.9 Å². The minimum Gasteiger partial charge on any atom is -0.351 e. The van der Waals surface area contributed by atoms with Crippen molar-refractivity contribution in [3.63, 3.8) is 0 Å². The summed E-state index contributed by atoms with van der Waals surface area (Å²) in [5.41, 5.74) is 0. The molecule has 0 saturated carbocycles. The molecule has 74 valence electrons. The monoisotopic (exact) mass is 226 g/mol. The average Bonchev–Trinajstić information content (AvgIpc) is 2.86. The van der Waals surface area contributed by atoms with Crippen LogP contribution in [0.3, 0.4) is 0 Å². The van der Waals surface area contributed by atoms with Gasteiger partial charge in [-0.05, 0) is 6.42 Å². The van der Waals surface area contributed by atoms with Crippen molar-refractivity contribution in [2.75, 3.05) is 5.32 Å². The van der Waals surface area contributed by atoms with Gasteiger partial charge in [-0.3, -0.25) is 0 Å². The van der Waals surface area contributed by atoms with Gasteiger partial charge in [0, 0.05) is 23.1 Å². The third-order valence-corrected chi connectivity index (χ3v) is 3.30. The van der Waals surface area contributed by atoms with Gasteiger partial charge in [0.2, 0.25) is 5.13 Å². The number of hydrogen-bond donors (Lipinski definition) is 1. The number of rotatable bonds is 4. The zero-order chi connectivity index (χ0) is 9.80. The fraction of sp³-hybridized carbons (Fsp3) is 0.375. The highest BCUT2D eigenvalue weighted by Crippen LogP contribution is 2.24. The first-order valence-electron chi connectivity index (χ1n) is 4.32. The molecule has 4 nitrogen and oxygen atoms in total. The van der Waals surface area contributed by atoms with Gasteiger partial charge in [0.25, 0.3) is 0 Å². The Bertz CT molecular complexity index is 357. The molecule has 0 aliphatic heterocycles. The summed E-state index contributed by atoms with van der Waals surface area (Å²) in [7, 11) is 0. The molecule has 0 fully saturated rings. The predicted octanol–water partition coefficient (Wildman–Crippen LogP) is 2.56. The maximum Gasteiger partial charge on any atom is 0.202 e. The van der Waals surface area contributed by atoms with E-state index in [4.69, 9.17) is 0 Å². The third kappa shape index (κ3) is 2.08. The van der Waals surface area contributed by atoms with Gasteiger partial charge < -0.3 is 5.32 Å². The van der Waals surface area contributed by atoms with Gasteiger partial charge >= 0.3 is 0 Å². The van der Waals surface area contributed by atoms with E-state index in [9.17, 15) is 0 Å². The molecule has 0 spiro atoms. The second-order valence-corrected chi connectivity index (χ2v) is 4.43. The number of hydrogen-bond acceptors (Lipinski definition) is 6. The maximum atomic E-state index is 4.28. The molecule has 1 N–H and O–H groups in total. The molecule has 2 aromatic rings. The van der Waals surface area contributed by atoms with E-state index in [0.717, 1.165) is 16.6 Å². The number of thiazole rings is 1. The molecule has 0 radical (unpaired) electrons. The molecule has 0 aliphatic rings. The van der Waals surface area contributed by atoms with Crippen molar-refractivity contribution in [3.8, 4) is 0 Å². The zero-order valence-electron chi connectivity index (χ0n) is 7.67. The first kappa shape index (κ1) is 9.54. The molecule has 0 aromatic carbocycles. The summed E-state index contributed by atoms with van der Waals surface area (Å²) in [6, 6.07) is 0.253. The maximum absolute atomic E-state index is 4.28. The molecule has 14 heavy (non-hydrogen) atoms. The second kappa shape index (κ2) is 4.47. The van der Waals surface area contributed by atoms with Crippen LogP contribution in [-0.2, 0) is 0 Å². The molecule has 0 aliphatic carbocycles. The Labute approximate surface area is 90.2 Å². The summed E-state index contributed by atoms with van der Waals surface area (Å²) >= 11 is 3.03. The lowest BCUT2D eigenvalue weighted by Crippen LogP contribution is -2.08. The number of anilines is 1. The zero-order valence-corrected chi connectivity index (χ0v) is 9.31. The summed E-state index contributed by atoms with van der Waals surface area (Å²) in [5.74, 6) is 0. The van der Waals surface area contributed by atoms with Crippen LogP contribution in [0.25, 0.3) is 0 Å². The summed E-state index contributed by atoms with van der Waals surface area (Å²) < 4.78 is 3.94. The minimum absolute atomic E-state index is 0.253. The molecular weight excluding hydrogens is 216 g/mol. The van der Waals surface area contributed by atoms with Gasteiger partial charge in [-0.15, -0.1) is 11.3 Å². The Hall–Kier alpha value is -1.01.